The summed E-state index contributed by atoms with van der Waals surface area (Å²) < 4.78 is 0. The molecule has 4 rings (SSSR count). The van der Waals surface area contributed by atoms with Crippen molar-refractivity contribution >= 4 is 84.6 Å². The Bertz CT molecular complexity index is 958. The Kier molecular flexibility index (Phi) is 17.2. The van der Waals surface area contributed by atoms with Gasteiger partial charge in [0.2, 0.25) is 0 Å². The van der Waals surface area contributed by atoms with E-state index in [1.165, 1.54) is 0 Å². The first-order valence-corrected chi connectivity index (χ1v) is 11.5. The van der Waals surface area contributed by atoms with E-state index in [9.17, 15) is 14.4 Å². The second-order valence-corrected chi connectivity index (χ2v) is 8.50. The van der Waals surface area contributed by atoms with E-state index in [4.69, 9.17) is 29.0 Å². The first-order valence-electron chi connectivity index (χ1n) is 10.7. The SMILES string of the molecule is NNc1ccc(Cl)cc1.O=C1CCC/C(=N/Nc2ccc(Cl)cc2)C1.O=C1CCCC(=O)C1.S.S. The number of Topliss-reactive ketones (excluding diaryl/α,β-unsaturated/α-hetero) is 3. The van der Waals surface area contributed by atoms with Crippen molar-refractivity contribution in [1.29, 1.82) is 0 Å². The zero-order chi connectivity index (χ0) is 24.1. The number of hydrazone groups is 1. The van der Waals surface area contributed by atoms with E-state index in [1.807, 2.05) is 24.3 Å². The number of hydrogen-bond donors (Lipinski definition) is 3. The molecule has 0 atom stereocenters. The Hall–Kier alpha value is -2.04. The lowest BCUT2D eigenvalue weighted by Gasteiger charge is -2.11. The number of anilines is 2. The van der Waals surface area contributed by atoms with Crippen LogP contribution in [0.5, 0.6) is 0 Å². The highest BCUT2D eigenvalue weighted by Gasteiger charge is 2.15. The third-order valence-electron chi connectivity index (χ3n) is 4.83. The summed E-state index contributed by atoms with van der Waals surface area (Å²) in [5.41, 5.74) is 8.12. The summed E-state index contributed by atoms with van der Waals surface area (Å²) in [5, 5.41) is 5.65. The number of nitrogens with zero attached hydrogens (tertiary/aromatic N) is 1. The molecular weight excluding hydrogens is 527 g/mol. The monoisotopic (exact) mass is 558 g/mol. The number of benzene rings is 2. The van der Waals surface area contributed by atoms with Crippen LogP contribution in [0.25, 0.3) is 0 Å². The van der Waals surface area contributed by atoms with E-state index < -0.39 is 0 Å². The molecule has 2 aliphatic rings. The van der Waals surface area contributed by atoms with Crippen molar-refractivity contribution in [3.8, 4) is 0 Å². The number of ketones is 3. The number of hydrogen-bond acceptors (Lipinski definition) is 7. The maximum Gasteiger partial charge on any atom is 0.140 e. The molecular formula is C24H32Cl2N4O3S2. The number of nitrogens with two attached hydrogens (primary N) is 1. The van der Waals surface area contributed by atoms with Crippen molar-refractivity contribution in [2.45, 2.75) is 51.4 Å². The molecule has 4 N–H and O–H groups in total. The van der Waals surface area contributed by atoms with Gasteiger partial charge in [-0.25, -0.2) is 0 Å². The molecule has 2 saturated carbocycles. The molecule has 11 heteroatoms. The van der Waals surface area contributed by atoms with Crippen molar-refractivity contribution in [1.82, 2.24) is 0 Å². The smallest absolute Gasteiger partial charge is 0.140 e. The molecule has 192 valence electrons. The van der Waals surface area contributed by atoms with Gasteiger partial charge in [-0.15, -0.1) is 0 Å². The lowest BCUT2D eigenvalue weighted by molar-refractivity contribution is -0.129. The van der Waals surface area contributed by atoms with Crippen molar-refractivity contribution in [2.75, 3.05) is 10.9 Å². The van der Waals surface area contributed by atoms with Crippen LogP contribution in [-0.4, -0.2) is 23.1 Å². The van der Waals surface area contributed by atoms with Crippen LogP contribution in [0.4, 0.5) is 11.4 Å². The molecule has 0 radical (unpaired) electrons. The van der Waals surface area contributed by atoms with E-state index >= 15 is 0 Å². The highest BCUT2D eigenvalue weighted by molar-refractivity contribution is 7.59. The minimum atomic E-state index is 0. The number of halogens is 2. The van der Waals surface area contributed by atoms with Crippen LogP contribution in [-0.2, 0) is 14.4 Å². The van der Waals surface area contributed by atoms with Gasteiger partial charge in [0, 0.05) is 47.1 Å². The van der Waals surface area contributed by atoms with Gasteiger partial charge in [-0.3, -0.25) is 25.7 Å². The van der Waals surface area contributed by atoms with E-state index in [2.05, 4.69) is 16.0 Å². The Morgan fingerprint density at radius 2 is 1.09 bits per heavy atom. The average molecular weight is 560 g/mol. The third kappa shape index (κ3) is 14.2. The van der Waals surface area contributed by atoms with Gasteiger partial charge in [0.25, 0.3) is 0 Å². The summed E-state index contributed by atoms with van der Waals surface area (Å²) in [6, 6.07) is 14.5. The molecule has 0 bridgehead atoms. The summed E-state index contributed by atoms with van der Waals surface area (Å²) in [7, 11) is 0. The molecule has 35 heavy (non-hydrogen) atoms. The average Bonchev–Trinajstić information content (AvgIpc) is 2.80. The maximum atomic E-state index is 11.2. The molecule has 7 nitrogen and oxygen atoms in total. The number of hydrazine groups is 1. The van der Waals surface area contributed by atoms with E-state index in [1.54, 1.807) is 24.3 Å². The molecule has 0 heterocycles. The number of nitrogens with one attached hydrogen (secondary N) is 2. The highest BCUT2D eigenvalue weighted by Crippen LogP contribution is 2.16. The predicted molar refractivity (Wildman–Crippen MR) is 154 cm³/mol. The molecule has 0 aromatic heterocycles. The summed E-state index contributed by atoms with van der Waals surface area (Å²) in [6.45, 7) is 0. The lowest BCUT2D eigenvalue weighted by Crippen LogP contribution is -2.15. The molecule has 2 fully saturated rings. The van der Waals surface area contributed by atoms with Crippen LogP contribution in [0.1, 0.15) is 51.4 Å². The predicted octanol–water partition coefficient (Wildman–Crippen LogP) is 5.80. The fourth-order valence-electron chi connectivity index (χ4n) is 3.08. The largest absolute Gasteiger partial charge is 0.324 e. The van der Waals surface area contributed by atoms with Gasteiger partial charge in [0.05, 0.1) is 12.1 Å². The maximum absolute atomic E-state index is 11.2. The summed E-state index contributed by atoms with van der Waals surface area (Å²) in [5.74, 6) is 5.61. The topological polar surface area (TPSA) is 114 Å². The van der Waals surface area contributed by atoms with Crippen LogP contribution in [0.15, 0.2) is 53.6 Å². The van der Waals surface area contributed by atoms with Crippen molar-refractivity contribution < 1.29 is 14.4 Å². The molecule has 2 aromatic carbocycles. The van der Waals surface area contributed by atoms with Crippen LogP contribution in [0, 0.1) is 0 Å². The second kappa shape index (κ2) is 18.3. The quantitative estimate of drug-likeness (QED) is 0.249. The van der Waals surface area contributed by atoms with Gasteiger partial charge < -0.3 is 5.43 Å². The normalized spacial score (nSPS) is 15.9. The minimum Gasteiger partial charge on any atom is -0.324 e. The van der Waals surface area contributed by atoms with E-state index in [0.29, 0.717) is 35.7 Å². The van der Waals surface area contributed by atoms with Gasteiger partial charge in [0.15, 0.2) is 0 Å². The molecule has 0 aliphatic heterocycles. The van der Waals surface area contributed by atoms with E-state index in [0.717, 1.165) is 36.3 Å². The van der Waals surface area contributed by atoms with Crippen LogP contribution in [0.3, 0.4) is 0 Å². The molecule has 2 aromatic rings. The Labute approximate surface area is 230 Å². The molecule has 2 aliphatic carbocycles. The number of nitrogen functional groups attached to an aromatic ring is 1. The van der Waals surface area contributed by atoms with Crippen LogP contribution >= 0.6 is 50.2 Å². The summed E-state index contributed by atoms with van der Waals surface area (Å²) >= 11 is 11.4. The zero-order valence-electron chi connectivity index (χ0n) is 19.3. The summed E-state index contributed by atoms with van der Waals surface area (Å²) in [6.07, 6.45) is 5.21. The Morgan fingerprint density at radius 1 is 0.657 bits per heavy atom. The fourth-order valence-corrected chi connectivity index (χ4v) is 3.33. The number of rotatable bonds is 3. The Morgan fingerprint density at radius 3 is 1.49 bits per heavy atom. The van der Waals surface area contributed by atoms with Crippen molar-refractivity contribution in [3.05, 3.63) is 58.6 Å². The fraction of sp³-hybridized carbons (Fsp3) is 0.333. The van der Waals surface area contributed by atoms with Gasteiger partial charge >= 0.3 is 0 Å². The van der Waals surface area contributed by atoms with Crippen molar-refractivity contribution in [2.24, 2.45) is 10.9 Å². The molecule has 0 spiro atoms. The Balaban J connectivity index is 0.000000523. The molecule has 0 unspecified atom stereocenters. The molecule has 0 amide bonds. The summed E-state index contributed by atoms with van der Waals surface area (Å²) in [4.78, 5) is 32.1. The standard InChI is InChI=1S/C12H13ClN2O.C6H7ClN2.C6H8O2.2H2S/c13-9-4-6-10(7-5-9)14-15-11-2-1-3-12(16)8-11;7-5-1-3-6(9-8)4-2-5;7-5-2-1-3-6(8)4-5;;/h4-7,14H,1-3,8H2;1-4,9H,8H2;1-4H2;2*1H2/b15-11-;;;;. The minimum absolute atomic E-state index is 0. The lowest BCUT2D eigenvalue weighted by atomic mass is 9.97. The van der Waals surface area contributed by atoms with Crippen molar-refractivity contribution in [3.63, 3.8) is 0 Å². The highest BCUT2D eigenvalue weighted by atomic mass is 35.5. The van der Waals surface area contributed by atoms with Gasteiger partial charge in [-0.1, -0.05) is 23.2 Å². The zero-order valence-corrected chi connectivity index (χ0v) is 22.8. The number of carbonyl (C=O) groups is 3. The van der Waals surface area contributed by atoms with Crippen LogP contribution in [0.2, 0.25) is 10.0 Å². The second-order valence-electron chi connectivity index (χ2n) is 7.62. The van der Waals surface area contributed by atoms with Gasteiger partial charge in [-0.2, -0.15) is 32.1 Å². The van der Waals surface area contributed by atoms with Crippen LogP contribution < -0.4 is 16.7 Å². The van der Waals surface area contributed by atoms with Gasteiger partial charge in [-0.05, 0) is 67.8 Å². The van der Waals surface area contributed by atoms with Gasteiger partial charge in [0.1, 0.15) is 17.3 Å². The number of carbonyl (C=O) groups excluding carboxylic acids is 3. The molecule has 0 saturated heterocycles. The first kappa shape index (κ1) is 33.0. The van der Waals surface area contributed by atoms with E-state index in [-0.39, 0.29) is 50.8 Å². The first-order chi connectivity index (χ1) is 15.9. The third-order valence-corrected chi connectivity index (χ3v) is 5.33.